The van der Waals surface area contributed by atoms with E-state index < -0.39 is 0 Å². The van der Waals surface area contributed by atoms with Gasteiger partial charge in [0.15, 0.2) is 0 Å². The molecule has 0 atom stereocenters. The molecule has 0 amide bonds. The number of fused-ring (bicyclic) bond motifs is 1. The minimum Gasteiger partial charge on any atom is -0.872 e. The van der Waals surface area contributed by atoms with E-state index in [-0.39, 0.29) is 120 Å². The zero-order valence-electron chi connectivity index (χ0n) is 10.7. The van der Waals surface area contributed by atoms with Gasteiger partial charge in [-0.2, -0.15) is 4.80 Å². The fraction of sp³-hybridized carbons (Fsp3) is 0. The first-order valence-electron chi connectivity index (χ1n) is 5.04. The molecule has 7 heteroatoms. The summed E-state index contributed by atoms with van der Waals surface area (Å²) in [7, 11) is 0. The van der Waals surface area contributed by atoms with Gasteiger partial charge in [0.25, 0.3) is 0 Å². The minimum atomic E-state index is -0.377. The van der Waals surface area contributed by atoms with Gasteiger partial charge in [-0.3, -0.25) is 0 Å². The van der Waals surface area contributed by atoms with E-state index in [1.165, 1.54) is 16.9 Å². The van der Waals surface area contributed by atoms with Gasteiger partial charge in [0.05, 0.1) is 5.69 Å². The van der Waals surface area contributed by atoms with Crippen molar-refractivity contribution in [3.05, 3.63) is 42.5 Å². The van der Waals surface area contributed by atoms with Gasteiger partial charge in [0.2, 0.25) is 0 Å². The third-order valence-electron chi connectivity index (χ3n) is 2.43. The summed E-state index contributed by atoms with van der Waals surface area (Å²) in [5.41, 5.74) is 1.69. The number of hydrogen-bond acceptors (Lipinski definition) is 4. The second kappa shape index (κ2) is 7.64. The topological polar surface area (TPSA) is 76.8 Å². The maximum atomic E-state index is 11.6. The van der Waals surface area contributed by atoms with E-state index >= 15 is 0 Å². The van der Waals surface area contributed by atoms with Crippen LogP contribution in [0.1, 0.15) is 0 Å². The standard InChI is InChI=1S/C12H9N3O2.2K/c16-8-5-6-11(12(17)7-8)15-13-9-3-1-2-4-10(9)14-15;;/h1-7,16-17H;;/q;2*+1/p-2. The van der Waals surface area contributed by atoms with Crippen LogP contribution in [0.5, 0.6) is 11.5 Å². The van der Waals surface area contributed by atoms with Gasteiger partial charge in [0.1, 0.15) is 11.0 Å². The quantitative estimate of drug-likeness (QED) is 0.421. The maximum absolute atomic E-state index is 11.6. The van der Waals surface area contributed by atoms with Crippen molar-refractivity contribution >= 4 is 11.0 Å². The van der Waals surface area contributed by atoms with Gasteiger partial charge in [-0.25, -0.2) is 0 Å². The molecule has 3 aromatic rings. The number of rotatable bonds is 1. The van der Waals surface area contributed by atoms with Crippen LogP contribution in [0, 0.1) is 0 Å². The van der Waals surface area contributed by atoms with E-state index in [2.05, 4.69) is 10.2 Å². The molecule has 0 unspecified atom stereocenters. The molecule has 0 spiro atoms. The Kier molecular flexibility index (Phi) is 7.15. The fourth-order valence-electron chi connectivity index (χ4n) is 1.63. The molecule has 0 saturated heterocycles. The SMILES string of the molecule is [K+].[K+].[O-]c1ccc(-n2nc3ccccc3n2)c([O-])c1. The summed E-state index contributed by atoms with van der Waals surface area (Å²) in [6.07, 6.45) is 0. The summed E-state index contributed by atoms with van der Waals surface area (Å²) in [6, 6.07) is 11.1. The van der Waals surface area contributed by atoms with Crippen molar-refractivity contribution in [2.24, 2.45) is 0 Å². The summed E-state index contributed by atoms with van der Waals surface area (Å²) in [5.74, 6) is -0.687. The minimum absolute atomic E-state index is 0. The van der Waals surface area contributed by atoms with Gasteiger partial charge >= 0.3 is 103 Å². The van der Waals surface area contributed by atoms with Crippen LogP contribution in [0.4, 0.5) is 0 Å². The molecule has 84 valence electrons. The van der Waals surface area contributed by atoms with Gasteiger partial charge in [-0.05, 0) is 18.2 Å². The van der Waals surface area contributed by atoms with Crippen LogP contribution in [-0.4, -0.2) is 15.0 Å². The molecule has 0 saturated carbocycles. The van der Waals surface area contributed by atoms with Crippen molar-refractivity contribution in [2.75, 3.05) is 0 Å². The Morgan fingerprint density at radius 1 is 0.842 bits per heavy atom. The van der Waals surface area contributed by atoms with E-state index in [0.717, 1.165) is 6.07 Å². The molecule has 0 fully saturated rings. The van der Waals surface area contributed by atoms with Crippen molar-refractivity contribution < 1.29 is 113 Å². The van der Waals surface area contributed by atoms with Crippen LogP contribution in [0.15, 0.2) is 42.5 Å². The van der Waals surface area contributed by atoms with Gasteiger partial charge in [-0.1, -0.05) is 30.0 Å². The smallest absolute Gasteiger partial charge is 0.872 e. The van der Waals surface area contributed by atoms with E-state index in [1.807, 2.05) is 24.3 Å². The summed E-state index contributed by atoms with van der Waals surface area (Å²) < 4.78 is 0. The van der Waals surface area contributed by atoms with Crippen molar-refractivity contribution in [3.63, 3.8) is 0 Å². The molecule has 0 bridgehead atoms. The van der Waals surface area contributed by atoms with Crippen LogP contribution >= 0.6 is 0 Å². The van der Waals surface area contributed by atoms with Crippen molar-refractivity contribution in [2.45, 2.75) is 0 Å². The monoisotopic (exact) mass is 303 g/mol. The predicted molar refractivity (Wildman–Crippen MR) is 57.8 cm³/mol. The molecule has 3 rings (SSSR count). The molecular formula is C12H7K2N3O2. The summed E-state index contributed by atoms with van der Waals surface area (Å²) >= 11 is 0. The van der Waals surface area contributed by atoms with Crippen LogP contribution in [-0.2, 0) is 0 Å². The van der Waals surface area contributed by atoms with Crippen molar-refractivity contribution in [1.82, 2.24) is 15.0 Å². The number of nitrogens with zero attached hydrogens (tertiary/aromatic N) is 3. The Morgan fingerprint density at radius 2 is 1.42 bits per heavy atom. The van der Waals surface area contributed by atoms with Crippen molar-refractivity contribution in [1.29, 1.82) is 0 Å². The third-order valence-corrected chi connectivity index (χ3v) is 2.43. The average molecular weight is 303 g/mol. The molecule has 1 aromatic heterocycles. The Bertz CT molecular complexity index is 667. The number of hydrogen-bond donors (Lipinski definition) is 0. The van der Waals surface area contributed by atoms with E-state index in [4.69, 9.17) is 0 Å². The van der Waals surface area contributed by atoms with Crippen LogP contribution in [0.3, 0.4) is 0 Å². The van der Waals surface area contributed by atoms with Crippen LogP contribution in [0.25, 0.3) is 16.7 Å². The first-order valence-corrected chi connectivity index (χ1v) is 5.04. The first kappa shape index (κ1) is 17.8. The Labute approximate surface area is 194 Å². The van der Waals surface area contributed by atoms with Crippen LogP contribution in [0.2, 0.25) is 0 Å². The molecule has 0 N–H and O–H groups in total. The largest absolute Gasteiger partial charge is 1.00 e. The predicted octanol–water partition coefficient (Wildman–Crippen LogP) is -5.42. The normalized spacial score (nSPS) is 9.68. The fourth-order valence-corrected chi connectivity index (χ4v) is 1.63. The molecule has 1 heterocycles. The molecule has 0 aliphatic rings. The summed E-state index contributed by atoms with van der Waals surface area (Å²) in [4.78, 5) is 1.26. The molecule has 19 heavy (non-hydrogen) atoms. The molecule has 5 nitrogen and oxygen atoms in total. The van der Waals surface area contributed by atoms with Gasteiger partial charge < -0.3 is 10.2 Å². The van der Waals surface area contributed by atoms with E-state index in [0.29, 0.717) is 11.0 Å². The molecule has 0 radical (unpaired) electrons. The third kappa shape index (κ3) is 3.88. The van der Waals surface area contributed by atoms with Crippen molar-refractivity contribution in [3.8, 4) is 17.2 Å². The maximum Gasteiger partial charge on any atom is 1.00 e. The van der Waals surface area contributed by atoms with E-state index in [1.54, 1.807) is 0 Å². The zero-order valence-corrected chi connectivity index (χ0v) is 16.9. The Hall–Kier alpha value is 0.713. The van der Waals surface area contributed by atoms with E-state index in [9.17, 15) is 10.2 Å². The number of aromatic nitrogens is 3. The Morgan fingerprint density at radius 3 is 1.95 bits per heavy atom. The zero-order chi connectivity index (χ0) is 11.8. The number of benzene rings is 2. The Balaban J connectivity index is 0.000000902. The molecule has 2 aromatic carbocycles. The summed E-state index contributed by atoms with van der Waals surface area (Å²) in [5, 5.41) is 31.0. The second-order valence-electron chi connectivity index (χ2n) is 3.61. The van der Waals surface area contributed by atoms with Crippen LogP contribution < -0.4 is 113 Å². The summed E-state index contributed by atoms with van der Waals surface area (Å²) in [6.45, 7) is 0. The average Bonchev–Trinajstić information content (AvgIpc) is 2.72. The van der Waals surface area contributed by atoms with Gasteiger partial charge in [-0.15, -0.1) is 15.9 Å². The molecular weight excluding hydrogens is 296 g/mol. The van der Waals surface area contributed by atoms with Gasteiger partial charge in [0, 0.05) is 0 Å². The molecule has 0 aliphatic carbocycles. The second-order valence-corrected chi connectivity index (χ2v) is 3.61. The first-order chi connectivity index (χ1) is 8.24. The molecule has 0 aliphatic heterocycles.